The highest BCUT2D eigenvalue weighted by Gasteiger charge is 2.31. The maximum Gasteiger partial charge on any atom is 0.326 e. The Morgan fingerprint density at radius 1 is 0.882 bits per heavy atom. The molecular formula is C21H31N5O8. The molecule has 188 valence electrons. The van der Waals surface area contributed by atoms with Crippen LogP contribution in [0.2, 0.25) is 0 Å². The first-order valence-corrected chi connectivity index (χ1v) is 10.4. The average Bonchev–Trinajstić information content (AvgIpc) is 2.76. The average molecular weight is 482 g/mol. The van der Waals surface area contributed by atoms with Crippen LogP contribution in [0, 0.1) is 5.92 Å². The van der Waals surface area contributed by atoms with Gasteiger partial charge >= 0.3 is 5.97 Å². The molecule has 13 nitrogen and oxygen atoms in total. The molecule has 4 atom stereocenters. The van der Waals surface area contributed by atoms with E-state index in [4.69, 9.17) is 11.5 Å². The molecule has 0 aromatic heterocycles. The molecule has 0 radical (unpaired) electrons. The van der Waals surface area contributed by atoms with Gasteiger partial charge in [-0.3, -0.25) is 19.2 Å². The van der Waals surface area contributed by atoms with E-state index in [0.717, 1.165) is 0 Å². The molecule has 0 spiro atoms. The second kappa shape index (κ2) is 13.1. The predicted molar refractivity (Wildman–Crippen MR) is 119 cm³/mol. The molecule has 10 N–H and O–H groups in total. The lowest BCUT2D eigenvalue weighted by molar-refractivity contribution is -0.143. The Morgan fingerprint density at radius 3 is 1.85 bits per heavy atom. The first kappa shape index (κ1) is 28.3. The summed E-state index contributed by atoms with van der Waals surface area (Å²) in [7, 11) is 0. The number of carbonyl (C=O) groups is 5. The van der Waals surface area contributed by atoms with Gasteiger partial charge in [0.2, 0.25) is 23.6 Å². The normalized spacial score (nSPS) is 14.4. The summed E-state index contributed by atoms with van der Waals surface area (Å²) in [5, 5.41) is 35.1. The zero-order valence-corrected chi connectivity index (χ0v) is 18.9. The van der Waals surface area contributed by atoms with Gasteiger partial charge in [-0.05, 0) is 23.6 Å². The summed E-state index contributed by atoms with van der Waals surface area (Å²) in [6.45, 7) is 2.60. The van der Waals surface area contributed by atoms with Gasteiger partial charge < -0.3 is 42.7 Å². The van der Waals surface area contributed by atoms with Crippen molar-refractivity contribution in [2.24, 2.45) is 17.4 Å². The summed E-state index contributed by atoms with van der Waals surface area (Å²) in [5.41, 5.74) is 11.3. The number of aliphatic carboxylic acids is 1. The molecule has 1 aromatic rings. The lowest BCUT2D eigenvalue weighted by Crippen LogP contribution is -2.59. The van der Waals surface area contributed by atoms with E-state index >= 15 is 0 Å². The summed E-state index contributed by atoms with van der Waals surface area (Å²) >= 11 is 0. The summed E-state index contributed by atoms with van der Waals surface area (Å²) in [5.74, 6) is -5.30. The van der Waals surface area contributed by atoms with Crippen molar-refractivity contribution in [1.82, 2.24) is 16.0 Å². The molecular weight excluding hydrogens is 450 g/mol. The number of rotatable bonds is 13. The van der Waals surface area contributed by atoms with Gasteiger partial charge in [0.1, 0.15) is 23.9 Å². The molecule has 0 bridgehead atoms. The van der Waals surface area contributed by atoms with Crippen LogP contribution in [-0.4, -0.2) is 75.7 Å². The molecule has 0 aliphatic carbocycles. The van der Waals surface area contributed by atoms with Gasteiger partial charge in [0.25, 0.3) is 0 Å². The first-order chi connectivity index (χ1) is 15.8. The largest absolute Gasteiger partial charge is 0.508 e. The van der Waals surface area contributed by atoms with Crippen molar-refractivity contribution in [3.8, 4) is 5.75 Å². The monoisotopic (exact) mass is 481 g/mol. The van der Waals surface area contributed by atoms with E-state index in [-0.39, 0.29) is 18.1 Å². The number of primary amides is 1. The minimum atomic E-state index is -1.64. The fourth-order valence-corrected chi connectivity index (χ4v) is 2.79. The lowest BCUT2D eigenvalue weighted by atomic mass is 10.0. The Bertz CT molecular complexity index is 890. The van der Waals surface area contributed by atoms with E-state index in [2.05, 4.69) is 16.0 Å². The molecule has 0 aliphatic heterocycles. The number of phenolic OH excluding ortho intramolecular Hbond substituents is 1. The van der Waals surface area contributed by atoms with Crippen LogP contribution < -0.4 is 27.4 Å². The van der Waals surface area contributed by atoms with Crippen LogP contribution in [-0.2, 0) is 30.4 Å². The SMILES string of the molecule is CC(C)C(N)C(=O)NC(CO)C(=O)NC(Cc1ccc(O)cc1)C(=O)NC(CC(N)=O)C(=O)O. The summed E-state index contributed by atoms with van der Waals surface area (Å²) in [4.78, 5) is 60.2. The van der Waals surface area contributed by atoms with E-state index in [1.807, 2.05) is 0 Å². The minimum absolute atomic E-state index is 0.0364. The number of aliphatic hydroxyl groups excluding tert-OH is 1. The molecule has 0 aliphatic rings. The maximum atomic E-state index is 12.8. The Hall–Kier alpha value is -3.71. The van der Waals surface area contributed by atoms with Crippen LogP contribution >= 0.6 is 0 Å². The van der Waals surface area contributed by atoms with Crippen LogP contribution in [0.4, 0.5) is 0 Å². The Labute approximate surface area is 195 Å². The topological polar surface area (TPSA) is 234 Å². The van der Waals surface area contributed by atoms with Crippen molar-refractivity contribution in [3.05, 3.63) is 29.8 Å². The van der Waals surface area contributed by atoms with Crippen molar-refractivity contribution < 1.29 is 39.3 Å². The molecule has 4 unspecified atom stereocenters. The number of hydrogen-bond donors (Lipinski definition) is 8. The van der Waals surface area contributed by atoms with E-state index in [1.54, 1.807) is 13.8 Å². The zero-order valence-electron chi connectivity index (χ0n) is 18.9. The van der Waals surface area contributed by atoms with Crippen LogP contribution in [0.1, 0.15) is 25.8 Å². The number of carboxylic acid groups (broad SMARTS) is 1. The summed E-state index contributed by atoms with van der Waals surface area (Å²) in [6.07, 6.45) is -0.818. The number of amides is 4. The maximum absolute atomic E-state index is 12.8. The summed E-state index contributed by atoms with van der Waals surface area (Å²) in [6, 6.07) is 0.279. The number of carboxylic acids is 1. The van der Waals surface area contributed by atoms with Crippen LogP contribution in [0.3, 0.4) is 0 Å². The highest BCUT2D eigenvalue weighted by molar-refractivity contribution is 5.95. The van der Waals surface area contributed by atoms with Gasteiger partial charge in [0.15, 0.2) is 0 Å². The predicted octanol–water partition coefficient (Wildman–Crippen LogP) is -2.68. The van der Waals surface area contributed by atoms with Crippen molar-refractivity contribution in [2.45, 2.75) is 50.9 Å². The van der Waals surface area contributed by atoms with Crippen molar-refractivity contribution in [3.63, 3.8) is 0 Å². The molecule has 0 heterocycles. The van der Waals surface area contributed by atoms with Crippen molar-refractivity contribution >= 4 is 29.6 Å². The number of phenols is 1. The van der Waals surface area contributed by atoms with Gasteiger partial charge in [0.05, 0.1) is 19.1 Å². The molecule has 1 rings (SSSR count). The fourth-order valence-electron chi connectivity index (χ4n) is 2.79. The molecule has 13 heteroatoms. The third kappa shape index (κ3) is 9.03. The first-order valence-electron chi connectivity index (χ1n) is 10.4. The third-order valence-corrected chi connectivity index (χ3v) is 4.87. The quantitative estimate of drug-likeness (QED) is 0.146. The number of nitrogens with two attached hydrogens (primary N) is 2. The number of benzene rings is 1. The number of nitrogens with one attached hydrogen (secondary N) is 3. The number of hydrogen-bond acceptors (Lipinski definition) is 8. The van der Waals surface area contributed by atoms with E-state index in [9.17, 15) is 39.3 Å². The van der Waals surface area contributed by atoms with Crippen LogP contribution in [0.25, 0.3) is 0 Å². The molecule has 1 aromatic carbocycles. The number of carbonyl (C=O) groups excluding carboxylic acids is 4. The van der Waals surface area contributed by atoms with Gasteiger partial charge in [-0.1, -0.05) is 26.0 Å². The van der Waals surface area contributed by atoms with Crippen LogP contribution in [0.15, 0.2) is 24.3 Å². The minimum Gasteiger partial charge on any atom is -0.508 e. The summed E-state index contributed by atoms with van der Waals surface area (Å²) < 4.78 is 0. The van der Waals surface area contributed by atoms with Gasteiger partial charge in [-0.15, -0.1) is 0 Å². The van der Waals surface area contributed by atoms with Gasteiger partial charge in [0, 0.05) is 6.42 Å². The molecule has 0 fully saturated rings. The number of aromatic hydroxyl groups is 1. The highest BCUT2D eigenvalue weighted by atomic mass is 16.4. The fraction of sp³-hybridized carbons (Fsp3) is 0.476. The van der Waals surface area contributed by atoms with Crippen LogP contribution in [0.5, 0.6) is 5.75 Å². The highest BCUT2D eigenvalue weighted by Crippen LogP contribution is 2.12. The van der Waals surface area contributed by atoms with E-state index < -0.39 is 66.8 Å². The smallest absolute Gasteiger partial charge is 0.326 e. The number of aliphatic hydroxyl groups is 1. The molecule has 4 amide bonds. The molecule has 0 saturated carbocycles. The lowest BCUT2D eigenvalue weighted by Gasteiger charge is -2.25. The second-order valence-electron chi connectivity index (χ2n) is 8.02. The third-order valence-electron chi connectivity index (χ3n) is 4.87. The van der Waals surface area contributed by atoms with Crippen molar-refractivity contribution in [2.75, 3.05) is 6.61 Å². The second-order valence-corrected chi connectivity index (χ2v) is 8.02. The zero-order chi connectivity index (χ0) is 26.0. The van der Waals surface area contributed by atoms with E-state index in [1.165, 1.54) is 24.3 Å². The van der Waals surface area contributed by atoms with E-state index in [0.29, 0.717) is 5.56 Å². The Kier molecular flexibility index (Phi) is 10.9. The standard InChI is InChI=1S/C21H31N5O8/c1-10(2)17(23)20(32)26-15(9-27)19(31)24-13(7-11-3-5-12(28)6-4-11)18(30)25-14(21(33)34)8-16(22)29/h3-6,10,13-15,17,27-28H,7-9,23H2,1-2H3,(H2,22,29)(H,24,31)(H,25,30)(H,26,32)(H,33,34). The molecule has 34 heavy (non-hydrogen) atoms. The Morgan fingerprint density at radius 2 is 1.38 bits per heavy atom. The van der Waals surface area contributed by atoms with Gasteiger partial charge in [-0.25, -0.2) is 4.79 Å². The van der Waals surface area contributed by atoms with Crippen molar-refractivity contribution in [1.29, 1.82) is 0 Å². The Balaban J connectivity index is 3.08. The van der Waals surface area contributed by atoms with Gasteiger partial charge in [-0.2, -0.15) is 0 Å². The molecule has 0 saturated heterocycles.